The lowest BCUT2D eigenvalue weighted by atomic mass is 9.70. The third kappa shape index (κ3) is 3.69. The van der Waals surface area contributed by atoms with Gasteiger partial charge in [-0.25, -0.2) is 13.2 Å². The van der Waals surface area contributed by atoms with Crippen LogP contribution in [0.4, 0.5) is 5.69 Å². The maximum atomic E-state index is 12.8. The molecule has 2 bridgehead atoms. The van der Waals surface area contributed by atoms with Crippen molar-refractivity contribution in [1.29, 1.82) is 0 Å². The highest BCUT2D eigenvalue weighted by Gasteiger charge is 2.65. The van der Waals surface area contributed by atoms with Crippen molar-refractivity contribution in [2.75, 3.05) is 17.1 Å². The van der Waals surface area contributed by atoms with E-state index in [9.17, 15) is 18.0 Å². The van der Waals surface area contributed by atoms with Gasteiger partial charge in [-0.3, -0.25) is 9.52 Å². The van der Waals surface area contributed by atoms with Crippen LogP contribution in [0.3, 0.4) is 0 Å². The normalized spacial score (nSPS) is 25.7. The predicted molar refractivity (Wildman–Crippen MR) is 108 cm³/mol. The molecule has 2 atom stereocenters. The number of benzene rings is 1. The minimum absolute atomic E-state index is 0.0734. The lowest BCUT2D eigenvalue weighted by Crippen LogP contribution is -2.43. The summed E-state index contributed by atoms with van der Waals surface area (Å²) in [6.45, 7) is 6.42. The smallest absolute Gasteiger partial charge is 0.338 e. The molecule has 0 aromatic heterocycles. The van der Waals surface area contributed by atoms with E-state index in [2.05, 4.69) is 4.72 Å². The predicted octanol–water partition coefficient (Wildman–Crippen LogP) is 3.78. The number of rotatable bonds is 8. The number of anilines is 1. The average molecular weight is 408 g/mol. The Balaban J connectivity index is 1.68. The number of hydrogen-bond acceptors (Lipinski definition) is 5. The Hall–Kier alpha value is -1.89. The number of carbonyl (C=O) groups excluding carboxylic acids is 2. The van der Waals surface area contributed by atoms with Crippen molar-refractivity contribution in [2.24, 2.45) is 16.7 Å². The van der Waals surface area contributed by atoms with Gasteiger partial charge in [-0.2, -0.15) is 0 Å². The van der Waals surface area contributed by atoms with E-state index in [1.807, 2.05) is 20.8 Å². The second-order valence-corrected chi connectivity index (χ2v) is 10.3. The van der Waals surface area contributed by atoms with Gasteiger partial charge in [0.2, 0.25) is 10.0 Å². The van der Waals surface area contributed by atoms with Crippen LogP contribution in [0.15, 0.2) is 24.3 Å². The molecular formula is C21H29NO5S. The number of nitrogens with one attached hydrogen (secondary N) is 1. The van der Waals surface area contributed by atoms with Gasteiger partial charge < -0.3 is 4.74 Å². The zero-order valence-electron chi connectivity index (χ0n) is 16.8. The fourth-order valence-corrected chi connectivity index (χ4v) is 6.61. The molecule has 1 N–H and O–H groups in total. The van der Waals surface area contributed by atoms with Crippen LogP contribution in [0.1, 0.15) is 63.2 Å². The SMILES string of the molecule is CCCCOC(=O)c1ccc(NS(=O)(=O)CC23CCC(CC2=O)C3(C)C)cc1. The van der Waals surface area contributed by atoms with Gasteiger partial charge in [0.05, 0.1) is 23.3 Å². The summed E-state index contributed by atoms with van der Waals surface area (Å²) in [5.41, 5.74) is -0.347. The third-order valence-electron chi connectivity index (χ3n) is 6.70. The molecule has 2 saturated carbocycles. The Morgan fingerprint density at radius 2 is 1.93 bits per heavy atom. The number of esters is 1. The van der Waals surface area contributed by atoms with Gasteiger partial charge in [-0.15, -0.1) is 0 Å². The monoisotopic (exact) mass is 407 g/mol. The number of hydrogen-bond donors (Lipinski definition) is 1. The van der Waals surface area contributed by atoms with E-state index in [1.54, 1.807) is 24.3 Å². The average Bonchev–Trinajstić information content (AvgIpc) is 2.96. The molecule has 2 aliphatic carbocycles. The number of carbonyl (C=O) groups is 2. The number of sulfonamides is 1. The Labute approximate surface area is 167 Å². The summed E-state index contributed by atoms with van der Waals surface area (Å²) >= 11 is 0. The molecule has 6 nitrogen and oxygen atoms in total. The van der Waals surface area contributed by atoms with E-state index in [0.29, 0.717) is 30.7 Å². The van der Waals surface area contributed by atoms with Crippen molar-refractivity contribution in [2.45, 2.75) is 52.9 Å². The maximum absolute atomic E-state index is 12.8. The van der Waals surface area contributed by atoms with Crippen molar-refractivity contribution in [3.8, 4) is 0 Å². The minimum atomic E-state index is -3.70. The van der Waals surface area contributed by atoms with Gasteiger partial charge in [0.15, 0.2) is 0 Å². The molecule has 0 saturated heterocycles. The third-order valence-corrected chi connectivity index (χ3v) is 8.12. The molecule has 0 heterocycles. The highest BCUT2D eigenvalue weighted by Crippen LogP contribution is 2.64. The molecule has 1 aromatic rings. The van der Waals surface area contributed by atoms with Crippen molar-refractivity contribution in [3.05, 3.63) is 29.8 Å². The lowest BCUT2D eigenvalue weighted by molar-refractivity contribution is -0.128. The molecule has 0 amide bonds. The molecule has 0 aliphatic heterocycles. The molecular weight excluding hydrogens is 378 g/mol. The molecule has 2 unspecified atom stereocenters. The van der Waals surface area contributed by atoms with Crippen LogP contribution < -0.4 is 4.72 Å². The number of ether oxygens (including phenoxy) is 1. The first kappa shape index (κ1) is 20.8. The number of fused-ring (bicyclic) bond motifs is 2. The van der Waals surface area contributed by atoms with E-state index in [4.69, 9.17) is 4.74 Å². The highest BCUT2D eigenvalue weighted by atomic mass is 32.2. The Morgan fingerprint density at radius 3 is 2.46 bits per heavy atom. The van der Waals surface area contributed by atoms with E-state index in [-0.39, 0.29) is 22.9 Å². The van der Waals surface area contributed by atoms with Gasteiger partial charge in [0.1, 0.15) is 5.78 Å². The van der Waals surface area contributed by atoms with E-state index >= 15 is 0 Å². The number of ketones is 1. The fraction of sp³-hybridized carbons (Fsp3) is 0.619. The summed E-state index contributed by atoms with van der Waals surface area (Å²) < 4.78 is 33.3. The van der Waals surface area contributed by atoms with Crippen LogP contribution in [0.5, 0.6) is 0 Å². The molecule has 2 fully saturated rings. The summed E-state index contributed by atoms with van der Waals surface area (Å²) in [4.78, 5) is 24.5. The van der Waals surface area contributed by atoms with E-state index in [1.165, 1.54) is 0 Å². The van der Waals surface area contributed by atoms with Crippen molar-refractivity contribution < 1.29 is 22.7 Å². The van der Waals surface area contributed by atoms with Gasteiger partial charge in [0, 0.05) is 12.1 Å². The summed E-state index contributed by atoms with van der Waals surface area (Å²) in [7, 11) is -3.70. The Morgan fingerprint density at radius 1 is 1.25 bits per heavy atom. The van der Waals surface area contributed by atoms with Crippen molar-refractivity contribution >= 4 is 27.5 Å². The van der Waals surface area contributed by atoms with Gasteiger partial charge in [0.25, 0.3) is 0 Å². The summed E-state index contributed by atoms with van der Waals surface area (Å²) in [5, 5.41) is 0. The summed E-state index contributed by atoms with van der Waals surface area (Å²) in [5.74, 6) is -0.266. The van der Waals surface area contributed by atoms with E-state index in [0.717, 1.165) is 19.3 Å². The van der Waals surface area contributed by atoms with Gasteiger partial charge >= 0.3 is 5.97 Å². The fourth-order valence-electron chi connectivity index (χ4n) is 4.72. The summed E-state index contributed by atoms with van der Waals surface area (Å²) in [6, 6.07) is 6.18. The zero-order valence-corrected chi connectivity index (χ0v) is 17.6. The second kappa shape index (κ2) is 7.50. The number of unbranched alkanes of at least 4 members (excludes halogenated alkanes) is 1. The van der Waals surface area contributed by atoms with Crippen LogP contribution in [0.25, 0.3) is 0 Å². The van der Waals surface area contributed by atoms with Crippen molar-refractivity contribution in [1.82, 2.24) is 0 Å². The topological polar surface area (TPSA) is 89.5 Å². The van der Waals surface area contributed by atoms with Crippen molar-refractivity contribution in [3.63, 3.8) is 0 Å². The molecule has 3 rings (SSSR count). The first-order valence-electron chi connectivity index (χ1n) is 9.92. The van der Waals surface area contributed by atoms with Crippen LogP contribution in [-0.4, -0.2) is 32.5 Å². The maximum Gasteiger partial charge on any atom is 0.338 e. The van der Waals surface area contributed by atoms with Gasteiger partial charge in [-0.05, 0) is 54.9 Å². The lowest BCUT2D eigenvalue weighted by Gasteiger charge is -2.36. The molecule has 7 heteroatoms. The van der Waals surface area contributed by atoms with Crippen LogP contribution in [0.2, 0.25) is 0 Å². The molecule has 0 radical (unpaired) electrons. The number of Topliss-reactive ketones (excluding diaryl/α,β-unsaturated/α-hetero) is 1. The largest absolute Gasteiger partial charge is 0.462 e. The van der Waals surface area contributed by atoms with Crippen LogP contribution in [-0.2, 0) is 19.6 Å². The quantitative estimate of drug-likeness (QED) is 0.523. The van der Waals surface area contributed by atoms with Crippen LogP contribution in [0, 0.1) is 16.7 Å². The molecule has 154 valence electrons. The van der Waals surface area contributed by atoms with Gasteiger partial charge in [-0.1, -0.05) is 27.2 Å². The second-order valence-electron chi connectivity index (χ2n) is 8.59. The molecule has 1 aromatic carbocycles. The Kier molecular flexibility index (Phi) is 5.58. The molecule has 2 aliphatic rings. The zero-order chi connectivity index (χ0) is 20.6. The molecule has 0 spiro atoms. The molecule has 28 heavy (non-hydrogen) atoms. The minimum Gasteiger partial charge on any atom is -0.462 e. The summed E-state index contributed by atoms with van der Waals surface area (Å²) in [6.07, 6.45) is 3.77. The first-order chi connectivity index (χ1) is 13.1. The van der Waals surface area contributed by atoms with Crippen LogP contribution >= 0.6 is 0 Å². The highest BCUT2D eigenvalue weighted by molar-refractivity contribution is 7.92. The Bertz CT molecular complexity index is 859. The van der Waals surface area contributed by atoms with E-state index < -0.39 is 21.4 Å². The first-order valence-corrected chi connectivity index (χ1v) is 11.6. The standard InChI is InChI=1S/C21H29NO5S/c1-4-5-12-27-19(24)15-6-8-17(9-7-15)22-28(25,26)14-21-11-10-16(13-18(21)23)20(21,2)3/h6-9,16,22H,4-5,10-14H2,1-3H3.